The summed E-state index contributed by atoms with van der Waals surface area (Å²) < 4.78 is 2.09. The molecule has 4 rings (SSSR count). The maximum Gasteiger partial charge on any atom is 0.0955 e. The Hall–Kier alpha value is -2.29. The van der Waals surface area contributed by atoms with Crippen molar-refractivity contribution >= 4 is 16.7 Å². The SMILES string of the molecule is CCc1ccc2c(c1)C(C)N(c1ccc3ncn(C)c3c1)C2. The fourth-order valence-electron chi connectivity index (χ4n) is 3.49. The Morgan fingerprint density at radius 2 is 2.05 bits per heavy atom. The molecule has 0 aliphatic carbocycles. The molecule has 1 unspecified atom stereocenters. The summed E-state index contributed by atoms with van der Waals surface area (Å²) in [5, 5.41) is 0. The van der Waals surface area contributed by atoms with E-state index in [4.69, 9.17) is 0 Å². The Morgan fingerprint density at radius 3 is 2.86 bits per heavy atom. The molecule has 1 atom stereocenters. The third-order valence-corrected chi connectivity index (χ3v) is 4.92. The van der Waals surface area contributed by atoms with Gasteiger partial charge in [-0.25, -0.2) is 4.98 Å². The number of aromatic nitrogens is 2. The summed E-state index contributed by atoms with van der Waals surface area (Å²) in [6.07, 6.45) is 2.98. The first-order valence-electron chi connectivity index (χ1n) is 7.97. The van der Waals surface area contributed by atoms with Crippen LogP contribution in [0.1, 0.15) is 36.6 Å². The molecule has 0 bridgehead atoms. The van der Waals surface area contributed by atoms with Crippen LogP contribution in [-0.4, -0.2) is 9.55 Å². The number of nitrogens with zero attached hydrogens (tertiary/aromatic N) is 3. The average molecular weight is 291 g/mol. The molecule has 2 aromatic carbocycles. The van der Waals surface area contributed by atoms with Crippen LogP contribution in [0.15, 0.2) is 42.7 Å². The van der Waals surface area contributed by atoms with Gasteiger partial charge in [-0.2, -0.15) is 0 Å². The van der Waals surface area contributed by atoms with Crippen molar-refractivity contribution in [1.82, 2.24) is 9.55 Å². The highest BCUT2D eigenvalue weighted by Crippen LogP contribution is 2.38. The molecular weight excluding hydrogens is 270 g/mol. The number of anilines is 1. The molecule has 112 valence electrons. The third kappa shape index (κ3) is 1.92. The number of benzene rings is 2. The van der Waals surface area contributed by atoms with Gasteiger partial charge in [-0.1, -0.05) is 25.1 Å². The number of hydrogen-bond acceptors (Lipinski definition) is 2. The van der Waals surface area contributed by atoms with E-state index in [1.807, 2.05) is 6.33 Å². The average Bonchev–Trinajstić information content (AvgIpc) is 3.08. The lowest BCUT2D eigenvalue weighted by molar-refractivity contribution is 0.732. The topological polar surface area (TPSA) is 21.1 Å². The van der Waals surface area contributed by atoms with Gasteiger partial charge in [-0.05, 0) is 48.2 Å². The molecule has 3 nitrogen and oxygen atoms in total. The van der Waals surface area contributed by atoms with E-state index in [1.165, 1.54) is 27.9 Å². The fourth-order valence-corrected chi connectivity index (χ4v) is 3.49. The van der Waals surface area contributed by atoms with Gasteiger partial charge in [0, 0.05) is 19.3 Å². The molecule has 0 amide bonds. The Kier molecular flexibility index (Phi) is 2.96. The number of fused-ring (bicyclic) bond motifs is 2. The summed E-state index contributed by atoms with van der Waals surface area (Å²) in [6.45, 7) is 5.51. The van der Waals surface area contributed by atoms with Crippen LogP contribution in [0.3, 0.4) is 0 Å². The lowest BCUT2D eigenvalue weighted by Gasteiger charge is -2.24. The second kappa shape index (κ2) is 4.87. The standard InChI is InChI=1S/C19H21N3/c1-4-14-5-6-15-11-22(13(2)17(15)9-14)16-7-8-18-19(10-16)21(3)12-20-18/h5-10,12-13H,4,11H2,1-3H3. The Bertz CT molecular complexity index is 847. The Labute approximate surface area is 131 Å². The van der Waals surface area contributed by atoms with Gasteiger partial charge in [0.1, 0.15) is 0 Å². The molecule has 2 heterocycles. The highest BCUT2D eigenvalue weighted by atomic mass is 15.2. The van der Waals surface area contributed by atoms with Gasteiger partial charge in [0.2, 0.25) is 0 Å². The minimum absolute atomic E-state index is 0.423. The fraction of sp³-hybridized carbons (Fsp3) is 0.316. The van der Waals surface area contributed by atoms with Gasteiger partial charge in [0.05, 0.1) is 23.4 Å². The van der Waals surface area contributed by atoms with Crippen LogP contribution < -0.4 is 4.90 Å². The molecule has 1 aliphatic heterocycles. The highest BCUT2D eigenvalue weighted by Gasteiger charge is 2.27. The quantitative estimate of drug-likeness (QED) is 0.705. The number of hydrogen-bond donors (Lipinski definition) is 0. The van der Waals surface area contributed by atoms with Gasteiger partial charge in [-0.15, -0.1) is 0 Å². The summed E-state index contributed by atoms with van der Waals surface area (Å²) in [4.78, 5) is 6.89. The smallest absolute Gasteiger partial charge is 0.0955 e. The largest absolute Gasteiger partial charge is 0.360 e. The van der Waals surface area contributed by atoms with Crippen LogP contribution in [0.2, 0.25) is 0 Å². The second-order valence-electron chi connectivity index (χ2n) is 6.22. The molecule has 0 spiro atoms. The summed E-state index contributed by atoms with van der Waals surface area (Å²) in [5.74, 6) is 0. The molecule has 0 radical (unpaired) electrons. The first-order valence-corrected chi connectivity index (χ1v) is 7.97. The van der Waals surface area contributed by atoms with Gasteiger partial charge in [0.25, 0.3) is 0 Å². The Morgan fingerprint density at radius 1 is 1.18 bits per heavy atom. The molecule has 0 N–H and O–H groups in total. The van der Waals surface area contributed by atoms with E-state index >= 15 is 0 Å². The van der Waals surface area contributed by atoms with Crippen molar-refractivity contribution in [2.45, 2.75) is 32.9 Å². The van der Waals surface area contributed by atoms with Crippen LogP contribution in [0, 0.1) is 0 Å². The third-order valence-electron chi connectivity index (χ3n) is 4.92. The van der Waals surface area contributed by atoms with Crippen molar-refractivity contribution in [3.05, 3.63) is 59.4 Å². The zero-order valence-electron chi connectivity index (χ0n) is 13.4. The molecule has 22 heavy (non-hydrogen) atoms. The highest BCUT2D eigenvalue weighted by molar-refractivity contribution is 5.80. The minimum Gasteiger partial charge on any atom is -0.360 e. The van der Waals surface area contributed by atoms with Crippen LogP contribution in [0.25, 0.3) is 11.0 Å². The van der Waals surface area contributed by atoms with Gasteiger partial charge in [0.15, 0.2) is 0 Å². The van der Waals surface area contributed by atoms with Crippen molar-refractivity contribution < 1.29 is 0 Å². The summed E-state index contributed by atoms with van der Waals surface area (Å²) in [6, 6.07) is 13.9. The van der Waals surface area contributed by atoms with Gasteiger partial charge >= 0.3 is 0 Å². The predicted molar refractivity (Wildman–Crippen MR) is 91.1 cm³/mol. The van der Waals surface area contributed by atoms with Crippen LogP contribution >= 0.6 is 0 Å². The summed E-state index contributed by atoms with van der Waals surface area (Å²) >= 11 is 0. The molecular formula is C19H21N3. The first kappa shape index (κ1) is 13.4. The van der Waals surface area contributed by atoms with E-state index in [0.29, 0.717) is 6.04 Å². The Balaban J connectivity index is 1.75. The summed E-state index contributed by atoms with van der Waals surface area (Å²) in [7, 11) is 2.05. The van der Waals surface area contributed by atoms with Gasteiger partial charge in [-0.3, -0.25) is 0 Å². The van der Waals surface area contributed by atoms with Crippen molar-refractivity contribution in [2.24, 2.45) is 7.05 Å². The lowest BCUT2D eigenvalue weighted by Crippen LogP contribution is -2.18. The van der Waals surface area contributed by atoms with E-state index < -0.39 is 0 Å². The molecule has 1 aromatic heterocycles. The number of imidazole rings is 1. The monoisotopic (exact) mass is 291 g/mol. The normalized spacial score (nSPS) is 17.2. The van der Waals surface area contributed by atoms with Crippen LogP contribution in [0.5, 0.6) is 0 Å². The molecule has 0 fully saturated rings. The molecule has 3 aromatic rings. The van der Waals surface area contributed by atoms with Crippen molar-refractivity contribution in [3.63, 3.8) is 0 Å². The maximum absolute atomic E-state index is 4.41. The molecule has 0 saturated heterocycles. The minimum atomic E-state index is 0.423. The summed E-state index contributed by atoms with van der Waals surface area (Å²) in [5.41, 5.74) is 7.88. The van der Waals surface area contributed by atoms with E-state index in [-0.39, 0.29) is 0 Å². The van der Waals surface area contributed by atoms with Crippen LogP contribution in [-0.2, 0) is 20.0 Å². The van der Waals surface area contributed by atoms with E-state index in [9.17, 15) is 0 Å². The van der Waals surface area contributed by atoms with E-state index in [1.54, 1.807) is 0 Å². The predicted octanol–water partition coefficient (Wildman–Crippen LogP) is 4.22. The first-order chi connectivity index (χ1) is 10.7. The second-order valence-corrected chi connectivity index (χ2v) is 6.22. The van der Waals surface area contributed by atoms with Crippen molar-refractivity contribution in [3.8, 4) is 0 Å². The van der Waals surface area contributed by atoms with Crippen molar-refractivity contribution in [2.75, 3.05) is 4.90 Å². The van der Waals surface area contributed by atoms with Crippen LogP contribution in [0.4, 0.5) is 5.69 Å². The maximum atomic E-state index is 4.41. The zero-order chi connectivity index (χ0) is 15.3. The molecule has 3 heteroatoms. The number of rotatable bonds is 2. The zero-order valence-corrected chi connectivity index (χ0v) is 13.4. The van der Waals surface area contributed by atoms with E-state index in [0.717, 1.165) is 18.5 Å². The van der Waals surface area contributed by atoms with Gasteiger partial charge < -0.3 is 9.47 Å². The molecule has 1 aliphatic rings. The number of aryl methyl sites for hydroxylation is 2. The molecule has 0 saturated carbocycles. The lowest BCUT2D eigenvalue weighted by atomic mass is 10.0. The van der Waals surface area contributed by atoms with E-state index in [2.05, 4.69) is 71.7 Å². The van der Waals surface area contributed by atoms with Crippen molar-refractivity contribution in [1.29, 1.82) is 0 Å².